The Balaban J connectivity index is 2.27. The van der Waals surface area contributed by atoms with Crippen LogP contribution in [0.25, 0.3) is 0 Å². The second-order valence-electron chi connectivity index (χ2n) is 4.22. The molecule has 18 heavy (non-hydrogen) atoms. The molecular formula is C11H12F3N3O. The Labute approximate surface area is 101 Å². The van der Waals surface area contributed by atoms with Crippen molar-refractivity contribution >= 4 is 5.84 Å². The summed E-state index contributed by atoms with van der Waals surface area (Å²) in [4.78, 5) is 3.40. The molecule has 1 aliphatic carbocycles. The summed E-state index contributed by atoms with van der Waals surface area (Å²) in [7, 11) is 0. The third-order valence-corrected chi connectivity index (χ3v) is 2.59. The van der Waals surface area contributed by atoms with Gasteiger partial charge in [-0.05, 0) is 30.9 Å². The second kappa shape index (κ2) is 4.47. The molecule has 1 heterocycles. The van der Waals surface area contributed by atoms with E-state index < -0.39 is 11.9 Å². The van der Waals surface area contributed by atoms with Gasteiger partial charge in [-0.3, -0.25) is 5.41 Å². The van der Waals surface area contributed by atoms with Crippen molar-refractivity contribution in [1.82, 2.24) is 4.98 Å². The summed E-state index contributed by atoms with van der Waals surface area (Å²) in [6.07, 6.45) is -2.52. The molecule has 1 fully saturated rings. The Morgan fingerprint density at radius 2 is 2.11 bits per heavy atom. The number of amidine groups is 1. The van der Waals surface area contributed by atoms with Crippen LogP contribution in [0.5, 0.6) is 5.88 Å². The van der Waals surface area contributed by atoms with E-state index in [0.29, 0.717) is 12.5 Å². The average molecular weight is 259 g/mol. The third kappa shape index (κ3) is 2.91. The minimum atomic E-state index is -4.53. The predicted octanol–water partition coefficient (Wildman–Crippen LogP) is 2.17. The highest BCUT2D eigenvalue weighted by Gasteiger charge is 2.33. The van der Waals surface area contributed by atoms with Gasteiger partial charge >= 0.3 is 6.18 Å². The van der Waals surface area contributed by atoms with E-state index in [1.807, 2.05) is 0 Å². The lowest BCUT2D eigenvalue weighted by Gasteiger charge is -2.12. The van der Waals surface area contributed by atoms with Crippen LogP contribution in [0, 0.1) is 11.3 Å². The van der Waals surface area contributed by atoms with E-state index in [0.717, 1.165) is 25.0 Å². The van der Waals surface area contributed by atoms with Crippen molar-refractivity contribution in [3.63, 3.8) is 0 Å². The highest BCUT2D eigenvalue weighted by atomic mass is 19.4. The van der Waals surface area contributed by atoms with Crippen LogP contribution in [0.15, 0.2) is 12.1 Å². The molecule has 1 aromatic rings. The summed E-state index contributed by atoms with van der Waals surface area (Å²) in [5.41, 5.74) is 4.32. The molecule has 1 saturated carbocycles. The van der Waals surface area contributed by atoms with E-state index in [4.69, 9.17) is 15.9 Å². The maximum Gasteiger partial charge on any atom is 0.433 e. The van der Waals surface area contributed by atoms with Gasteiger partial charge in [0.2, 0.25) is 5.88 Å². The first-order valence-corrected chi connectivity index (χ1v) is 5.43. The lowest BCUT2D eigenvalue weighted by molar-refractivity contribution is -0.141. The molecule has 98 valence electrons. The molecule has 3 N–H and O–H groups in total. The molecule has 1 aliphatic rings. The Hall–Kier alpha value is -1.79. The number of aromatic nitrogens is 1. The van der Waals surface area contributed by atoms with Gasteiger partial charge in [0.05, 0.1) is 12.2 Å². The largest absolute Gasteiger partial charge is 0.477 e. The number of nitrogens with one attached hydrogen (secondary N) is 1. The number of alkyl halides is 3. The minimum absolute atomic E-state index is 0.0867. The Kier molecular flexibility index (Phi) is 3.14. The van der Waals surface area contributed by atoms with E-state index in [2.05, 4.69) is 4.98 Å². The maximum absolute atomic E-state index is 12.5. The normalized spacial score (nSPS) is 15.5. The fraction of sp³-hybridized carbons (Fsp3) is 0.455. The van der Waals surface area contributed by atoms with Gasteiger partial charge in [-0.2, -0.15) is 13.2 Å². The van der Waals surface area contributed by atoms with Gasteiger partial charge in [-0.1, -0.05) is 0 Å². The molecular weight excluding hydrogens is 247 g/mol. The zero-order chi connectivity index (χ0) is 13.3. The zero-order valence-corrected chi connectivity index (χ0v) is 9.42. The number of nitrogen functional groups attached to an aromatic ring is 1. The number of hydrogen-bond acceptors (Lipinski definition) is 3. The van der Waals surface area contributed by atoms with E-state index in [-0.39, 0.29) is 17.3 Å². The summed E-state index contributed by atoms with van der Waals surface area (Å²) >= 11 is 0. The Morgan fingerprint density at radius 3 is 2.61 bits per heavy atom. The lowest BCUT2D eigenvalue weighted by Crippen LogP contribution is -2.17. The van der Waals surface area contributed by atoms with Crippen LogP contribution >= 0.6 is 0 Å². The Bertz CT molecular complexity index is 469. The van der Waals surface area contributed by atoms with Gasteiger partial charge < -0.3 is 10.5 Å². The van der Waals surface area contributed by atoms with Crippen LogP contribution in [-0.4, -0.2) is 17.4 Å². The van der Waals surface area contributed by atoms with Gasteiger partial charge in [0, 0.05) is 0 Å². The third-order valence-electron chi connectivity index (χ3n) is 2.59. The van der Waals surface area contributed by atoms with Gasteiger partial charge in [0.1, 0.15) is 11.5 Å². The van der Waals surface area contributed by atoms with Gasteiger partial charge in [0.15, 0.2) is 0 Å². The fourth-order valence-corrected chi connectivity index (χ4v) is 1.39. The Morgan fingerprint density at radius 1 is 1.44 bits per heavy atom. The molecule has 1 aromatic heterocycles. The topological polar surface area (TPSA) is 72.0 Å². The molecule has 0 radical (unpaired) electrons. The van der Waals surface area contributed by atoms with E-state index in [1.54, 1.807) is 0 Å². The van der Waals surface area contributed by atoms with Gasteiger partial charge in [-0.25, -0.2) is 4.98 Å². The number of rotatable bonds is 4. The minimum Gasteiger partial charge on any atom is -0.477 e. The van der Waals surface area contributed by atoms with Gasteiger partial charge in [-0.15, -0.1) is 0 Å². The predicted molar refractivity (Wildman–Crippen MR) is 58.5 cm³/mol. The first-order valence-electron chi connectivity index (χ1n) is 5.43. The lowest BCUT2D eigenvalue weighted by atomic mass is 10.2. The highest BCUT2D eigenvalue weighted by Crippen LogP contribution is 2.32. The number of ether oxygens (including phenoxy) is 1. The molecule has 0 spiro atoms. The molecule has 2 rings (SSSR count). The van der Waals surface area contributed by atoms with Crippen LogP contribution < -0.4 is 10.5 Å². The van der Waals surface area contributed by atoms with Crippen molar-refractivity contribution in [1.29, 1.82) is 5.41 Å². The quantitative estimate of drug-likeness (QED) is 0.643. The van der Waals surface area contributed by atoms with Crippen molar-refractivity contribution in [2.75, 3.05) is 6.61 Å². The highest BCUT2D eigenvalue weighted by molar-refractivity contribution is 5.97. The van der Waals surface area contributed by atoms with E-state index >= 15 is 0 Å². The zero-order valence-electron chi connectivity index (χ0n) is 9.42. The molecule has 0 aliphatic heterocycles. The van der Waals surface area contributed by atoms with Crippen LogP contribution in [0.4, 0.5) is 13.2 Å². The summed E-state index contributed by atoms with van der Waals surface area (Å²) in [5.74, 6) is -0.201. The molecule has 0 unspecified atom stereocenters. The number of pyridine rings is 1. The molecule has 0 aromatic carbocycles. The first kappa shape index (κ1) is 12.7. The standard InChI is InChI=1S/C11H12F3N3O/c12-11(13,14)8-4-3-7(9(15)16)10(17-8)18-5-6-1-2-6/h3-4,6H,1-2,5H2,(H3,15,16). The summed E-state index contributed by atoms with van der Waals surface area (Å²) in [6.45, 7) is 0.314. The average Bonchev–Trinajstić information content (AvgIpc) is 3.08. The van der Waals surface area contributed by atoms with E-state index in [1.165, 1.54) is 0 Å². The summed E-state index contributed by atoms with van der Waals surface area (Å²) < 4.78 is 42.8. The number of halogens is 3. The number of nitrogens with two attached hydrogens (primary N) is 1. The molecule has 4 nitrogen and oxygen atoms in total. The van der Waals surface area contributed by atoms with Gasteiger partial charge in [0.25, 0.3) is 0 Å². The summed E-state index contributed by atoms with van der Waals surface area (Å²) in [5, 5.41) is 7.28. The van der Waals surface area contributed by atoms with E-state index in [9.17, 15) is 13.2 Å². The molecule has 0 saturated heterocycles. The van der Waals surface area contributed by atoms with Crippen molar-refractivity contribution in [2.45, 2.75) is 19.0 Å². The monoisotopic (exact) mass is 259 g/mol. The molecule has 7 heteroatoms. The number of nitrogens with zero attached hydrogens (tertiary/aromatic N) is 1. The fourth-order valence-electron chi connectivity index (χ4n) is 1.39. The maximum atomic E-state index is 12.5. The second-order valence-corrected chi connectivity index (χ2v) is 4.22. The van der Waals surface area contributed by atoms with Crippen LogP contribution in [0.3, 0.4) is 0 Å². The smallest absolute Gasteiger partial charge is 0.433 e. The molecule has 0 amide bonds. The van der Waals surface area contributed by atoms with Crippen molar-refractivity contribution in [3.05, 3.63) is 23.4 Å². The van der Waals surface area contributed by atoms with Crippen LogP contribution in [0.1, 0.15) is 24.1 Å². The van der Waals surface area contributed by atoms with Crippen LogP contribution in [-0.2, 0) is 6.18 Å². The summed E-state index contributed by atoms with van der Waals surface area (Å²) in [6, 6.07) is 1.90. The van der Waals surface area contributed by atoms with Crippen molar-refractivity contribution in [2.24, 2.45) is 11.7 Å². The molecule has 0 atom stereocenters. The van der Waals surface area contributed by atoms with Crippen molar-refractivity contribution < 1.29 is 17.9 Å². The van der Waals surface area contributed by atoms with Crippen molar-refractivity contribution in [3.8, 4) is 5.88 Å². The van der Waals surface area contributed by atoms with Crippen LogP contribution in [0.2, 0.25) is 0 Å². The SMILES string of the molecule is N=C(N)c1ccc(C(F)(F)F)nc1OCC1CC1. The molecule has 0 bridgehead atoms. The number of hydrogen-bond donors (Lipinski definition) is 2. The first-order chi connectivity index (χ1) is 8.38.